The summed E-state index contributed by atoms with van der Waals surface area (Å²) in [5, 5.41) is 18.5. The lowest BCUT2D eigenvalue weighted by molar-refractivity contribution is 0.0955. The van der Waals surface area contributed by atoms with E-state index < -0.39 is 6.10 Å². The lowest BCUT2D eigenvalue weighted by Crippen LogP contribution is -2.33. The Bertz CT molecular complexity index is 359. The Morgan fingerprint density at radius 1 is 1.31 bits per heavy atom. The Balaban J connectivity index is 2.28. The predicted octanol–water partition coefficient (Wildman–Crippen LogP) is 1.44. The maximum atomic E-state index is 9.59. The van der Waals surface area contributed by atoms with Crippen LogP contribution in [0.5, 0.6) is 0 Å². The summed E-state index contributed by atoms with van der Waals surface area (Å²) >= 11 is 0. The SMILES string of the molecule is NC1(c2cccc(C(O)CO)c2)CCCC1. The van der Waals surface area contributed by atoms with Crippen LogP contribution in [0.3, 0.4) is 0 Å². The van der Waals surface area contributed by atoms with Crippen LogP contribution in [-0.2, 0) is 5.54 Å². The van der Waals surface area contributed by atoms with Crippen LogP contribution in [0.2, 0.25) is 0 Å². The second kappa shape index (κ2) is 4.53. The third kappa shape index (κ3) is 2.12. The van der Waals surface area contributed by atoms with Crippen LogP contribution in [0.15, 0.2) is 24.3 Å². The summed E-state index contributed by atoms with van der Waals surface area (Å²) in [6, 6.07) is 7.66. The minimum Gasteiger partial charge on any atom is -0.393 e. The lowest BCUT2D eigenvalue weighted by Gasteiger charge is -2.25. The van der Waals surface area contributed by atoms with E-state index in [0.29, 0.717) is 0 Å². The van der Waals surface area contributed by atoms with Gasteiger partial charge in [-0.15, -0.1) is 0 Å². The number of aliphatic hydroxyl groups excluding tert-OH is 2. The normalized spacial score (nSPS) is 20.9. The summed E-state index contributed by atoms with van der Waals surface area (Å²) in [6.45, 7) is -0.249. The molecular weight excluding hydrogens is 202 g/mol. The first kappa shape index (κ1) is 11.6. The molecule has 88 valence electrons. The van der Waals surface area contributed by atoms with Gasteiger partial charge in [-0.3, -0.25) is 0 Å². The molecule has 0 amide bonds. The molecule has 0 spiro atoms. The summed E-state index contributed by atoms with van der Waals surface area (Å²) in [4.78, 5) is 0. The van der Waals surface area contributed by atoms with E-state index in [0.717, 1.165) is 24.0 Å². The van der Waals surface area contributed by atoms with Gasteiger partial charge >= 0.3 is 0 Å². The van der Waals surface area contributed by atoms with Gasteiger partial charge in [0.05, 0.1) is 6.61 Å². The predicted molar refractivity (Wildman–Crippen MR) is 62.8 cm³/mol. The highest BCUT2D eigenvalue weighted by Gasteiger charge is 2.31. The molecule has 1 aliphatic rings. The number of hydrogen-bond acceptors (Lipinski definition) is 3. The van der Waals surface area contributed by atoms with E-state index in [4.69, 9.17) is 10.8 Å². The Morgan fingerprint density at radius 2 is 2.00 bits per heavy atom. The fourth-order valence-electron chi connectivity index (χ4n) is 2.46. The molecule has 1 fully saturated rings. The molecule has 1 unspecified atom stereocenters. The smallest absolute Gasteiger partial charge is 0.102 e. The molecule has 0 aromatic heterocycles. The Morgan fingerprint density at radius 3 is 2.62 bits per heavy atom. The molecule has 1 saturated carbocycles. The van der Waals surface area contributed by atoms with Gasteiger partial charge in [0.1, 0.15) is 6.10 Å². The number of nitrogens with two attached hydrogens (primary N) is 1. The van der Waals surface area contributed by atoms with Crippen molar-refractivity contribution in [2.45, 2.75) is 37.3 Å². The van der Waals surface area contributed by atoms with E-state index in [-0.39, 0.29) is 12.1 Å². The molecule has 0 saturated heterocycles. The molecular formula is C13H19NO2. The highest BCUT2D eigenvalue weighted by Crippen LogP contribution is 2.36. The highest BCUT2D eigenvalue weighted by atomic mass is 16.3. The standard InChI is InChI=1S/C13H19NO2/c14-13(6-1-2-7-13)11-5-3-4-10(8-11)12(16)9-15/h3-5,8,12,15-16H,1-2,6-7,9,14H2. The van der Waals surface area contributed by atoms with Crippen molar-refractivity contribution in [2.24, 2.45) is 5.73 Å². The van der Waals surface area contributed by atoms with E-state index in [9.17, 15) is 5.11 Å². The second-order valence-corrected chi connectivity index (χ2v) is 4.69. The van der Waals surface area contributed by atoms with Crippen molar-refractivity contribution in [3.8, 4) is 0 Å². The Kier molecular flexibility index (Phi) is 3.28. The molecule has 1 aromatic rings. The van der Waals surface area contributed by atoms with Crippen molar-refractivity contribution in [2.75, 3.05) is 6.61 Å². The molecule has 16 heavy (non-hydrogen) atoms. The molecule has 1 atom stereocenters. The molecule has 0 aliphatic heterocycles. The molecule has 0 radical (unpaired) electrons. The molecule has 0 bridgehead atoms. The maximum absolute atomic E-state index is 9.59. The summed E-state index contributed by atoms with van der Waals surface area (Å²) in [6.07, 6.45) is 3.55. The van der Waals surface area contributed by atoms with Gasteiger partial charge in [0.2, 0.25) is 0 Å². The number of hydrogen-bond donors (Lipinski definition) is 3. The fraction of sp³-hybridized carbons (Fsp3) is 0.538. The maximum Gasteiger partial charge on any atom is 0.102 e. The van der Waals surface area contributed by atoms with E-state index in [1.165, 1.54) is 12.8 Å². The summed E-state index contributed by atoms with van der Waals surface area (Å²) in [7, 11) is 0. The molecule has 4 N–H and O–H groups in total. The third-order valence-corrected chi connectivity index (χ3v) is 3.52. The van der Waals surface area contributed by atoms with Crippen LogP contribution in [0.4, 0.5) is 0 Å². The highest BCUT2D eigenvalue weighted by molar-refractivity contribution is 5.31. The quantitative estimate of drug-likeness (QED) is 0.723. The zero-order valence-corrected chi connectivity index (χ0v) is 9.39. The van der Waals surface area contributed by atoms with Crippen LogP contribution in [0.25, 0.3) is 0 Å². The molecule has 3 heteroatoms. The van der Waals surface area contributed by atoms with E-state index >= 15 is 0 Å². The van der Waals surface area contributed by atoms with Crippen LogP contribution in [-0.4, -0.2) is 16.8 Å². The number of rotatable bonds is 3. The van der Waals surface area contributed by atoms with Gasteiger partial charge in [-0.25, -0.2) is 0 Å². The first-order valence-corrected chi connectivity index (χ1v) is 5.84. The molecule has 0 heterocycles. The topological polar surface area (TPSA) is 66.5 Å². The lowest BCUT2D eigenvalue weighted by atomic mass is 9.88. The van der Waals surface area contributed by atoms with E-state index in [2.05, 4.69) is 0 Å². The molecule has 2 rings (SSSR count). The number of aliphatic hydroxyl groups is 2. The van der Waals surface area contributed by atoms with Crippen molar-refractivity contribution >= 4 is 0 Å². The van der Waals surface area contributed by atoms with E-state index in [1.54, 1.807) is 0 Å². The van der Waals surface area contributed by atoms with Crippen LogP contribution >= 0.6 is 0 Å². The number of benzene rings is 1. The van der Waals surface area contributed by atoms with Crippen LogP contribution in [0.1, 0.15) is 42.9 Å². The zero-order valence-electron chi connectivity index (χ0n) is 9.39. The van der Waals surface area contributed by atoms with Gasteiger partial charge < -0.3 is 15.9 Å². The van der Waals surface area contributed by atoms with Crippen molar-refractivity contribution in [1.82, 2.24) is 0 Å². The summed E-state index contributed by atoms with van der Waals surface area (Å²) in [5.74, 6) is 0. The molecule has 1 aromatic carbocycles. The molecule has 3 nitrogen and oxygen atoms in total. The van der Waals surface area contributed by atoms with Gasteiger partial charge in [0.15, 0.2) is 0 Å². The summed E-state index contributed by atoms with van der Waals surface area (Å²) < 4.78 is 0. The minimum atomic E-state index is -0.801. The van der Waals surface area contributed by atoms with Crippen molar-refractivity contribution in [1.29, 1.82) is 0 Å². The van der Waals surface area contributed by atoms with Crippen LogP contribution in [0, 0.1) is 0 Å². The fourth-order valence-corrected chi connectivity index (χ4v) is 2.46. The average molecular weight is 221 g/mol. The van der Waals surface area contributed by atoms with Gasteiger partial charge in [0.25, 0.3) is 0 Å². The Hall–Kier alpha value is -0.900. The van der Waals surface area contributed by atoms with Crippen molar-refractivity contribution in [3.63, 3.8) is 0 Å². The second-order valence-electron chi connectivity index (χ2n) is 4.69. The van der Waals surface area contributed by atoms with Crippen molar-refractivity contribution < 1.29 is 10.2 Å². The van der Waals surface area contributed by atoms with E-state index in [1.807, 2.05) is 24.3 Å². The minimum absolute atomic E-state index is 0.231. The first-order chi connectivity index (χ1) is 7.65. The Labute approximate surface area is 95.9 Å². The third-order valence-electron chi connectivity index (χ3n) is 3.52. The van der Waals surface area contributed by atoms with Crippen molar-refractivity contribution in [3.05, 3.63) is 35.4 Å². The largest absolute Gasteiger partial charge is 0.393 e. The average Bonchev–Trinajstić information content (AvgIpc) is 2.77. The van der Waals surface area contributed by atoms with Gasteiger partial charge in [-0.1, -0.05) is 37.1 Å². The van der Waals surface area contributed by atoms with Gasteiger partial charge in [-0.05, 0) is 24.0 Å². The van der Waals surface area contributed by atoms with Gasteiger partial charge in [0, 0.05) is 5.54 Å². The first-order valence-electron chi connectivity index (χ1n) is 5.84. The van der Waals surface area contributed by atoms with Crippen LogP contribution < -0.4 is 5.73 Å². The van der Waals surface area contributed by atoms with Gasteiger partial charge in [-0.2, -0.15) is 0 Å². The monoisotopic (exact) mass is 221 g/mol. The zero-order chi connectivity index (χ0) is 11.6. The molecule has 1 aliphatic carbocycles. The summed E-state index contributed by atoms with van der Waals surface area (Å²) in [5.41, 5.74) is 7.94.